The van der Waals surface area contributed by atoms with Crippen molar-refractivity contribution >= 4 is 11.8 Å². The number of aryl methyl sites for hydroxylation is 1. The van der Waals surface area contributed by atoms with Crippen LogP contribution in [0.25, 0.3) is 0 Å². The molecule has 0 aromatic carbocycles. The Morgan fingerprint density at radius 2 is 2.10 bits per heavy atom. The second-order valence-corrected chi connectivity index (χ2v) is 6.13. The Bertz CT molecular complexity index is 579. The Morgan fingerprint density at radius 3 is 2.76 bits per heavy atom. The van der Waals surface area contributed by atoms with E-state index < -0.39 is 11.6 Å². The molecule has 112 valence electrons. The summed E-state index contributed by atoms with van der Waals surface area (Å²) >= 11 is 0. The molecule has 1 aromatic heterocycles. The van der Waals surface area contributed by atoms with E-state index in [4.69, 9.17) is 0 Å². The Kier molecular flexibility index (Phi) is 3.43. The van der Waals surface area contributed by atoms with Crippen LogP contribution in [-0.4, -0.2) is 33.3 Å². The smallest absolute Gasteiger partial charge is 0.246 e. The molecular weight excluding hydrogens is 266 g/mol. The van der Waals surface area contributed by atoms with E-state index in [1.807, 2.05) is 19.1 Å². The van der Waals surface area contributed by atoms with E-state index in [-0.39, 0.29) is 11.8 Å². The number of nitrogens with one attached hydrogen (secondary N) is 1. The lowest BCUT2D eigenvalue weighted by atomic mass is 9.89. The first kappa shape index (κ1) is 14.0. The number of pyridine rings is 1. The van der Waals surface area contributed by atoms with Crippen molar-refractivity contribution in [2.24, 2.45) is 0 Å². The first-order chi connectivity index (χ1) is 10.0. The third-order valence-corrected chi connectivity index (χ3v) is 4.78. The van der Waals surface area contributed by atoms with E-state index in [0.717, 1.165) is 36.9 Å². The molecule has 2 fully saturated rings. The van der Waals surface area contributed by atoms with Gasteiger partial charge >= 0.3 is 0 Å². The molecule has 2 amide bonds. The van der Waals surface area contributed by atoms with Gasteiger partial charge in [0, 0.05) is 6.20 Å². The number of nitrogens with zero attached hydrogens (tertiary/aromatic N) is 2. The fourth-order valence-electron chi connectivity index (χ4n) is 3.48. The average Bonchev–Trinajstić information content (AvgIpc) is 2.94. The fraction of sp³-hybridized carbons (Fsp3) is 0.562. The summed E-state index contributed by atoms with van der Waals surface area (Å²) in [7, 11) is 0. The lowest BCUT2D eigenvalue weighted by Crippen LogP contribution is -2.68. The summed E-state index contributed by atoms with van der Waals surface area (Å²) in [6.45, 7) is 4.16. The van der Waals surface area contributed by atoms with E-state index in [1.54, 1.807) is 18.0 Å². The third-order valence-electron chi connectivity index (χ3n) is 4.78. The van der Waals surface area contributed by atoms with Gasteiger partial charge in [-0.2, -0.15) is 0 Å². The van der Waals surface area contributed by atoms with Gasteiger partial charge < -0.3 is 10.2 Å². The van der Waals surface area contributed by atoms with Crippen molar-refractivity contribution in [3.05, 3.63) is 29.6 Å². The van der Waals surface area contributed by atoms with Crippen molar-refractivity contribution in [1.29, 1.82) is 0 Å². The molecule has 1 atom stereocenters. The maximum atomic E-state index is 12.6. The molecule has 1 N–H and O–H groups in total. The molecular formula is C16H21N3O2. The van der Waals surface area contributed by atoms with Crippen LogP contribution in [0.1, 0.15) is 43.9 Å². The monoisotopic (exact) mass is 287 g/mol. The number of amides is 2. The van der Waals surface area contributed by atoms with Crippen LogP contribution in [0.4, 0.5) is 0 Å². The van der Waals surface area contributed by atoms with Crippen LogP contribution in [0.15, 0.2) is 18.3 Å². The predicted molar refractivity (Wildman–Crippen MR) is 78.3 cm³/mol. The molecule has 1 spiro atoms. The van der Waals surface area contributed by atoms with Gasteiger partial charge in [-0.3, -0.25) is 14.6 Å². The van der Waals surface area contributed by atoms with Crippen molar-refractivity contribution in [1.82, 2.24) is 15.2 Å². The van der Waals surface area contributed by atoms with Gasteiger partial charge in [0.15, 0.2) is 0 Å². The predicted octanol–water partition coefficient (Wildman–Crippen LogP) is 1.55. The van der Waals surface area contributed by atoms with Gasteiger partial charge in [-0.25, -0.2) is 0 Å². The molecule has 5 nitrogen and oxygen atoms in total. The highest BCUT2D eigenvalue weighted by molar-refractivity contribution is 5.99. The largest absolute Gasteiger partial charge is 0.343 e. The first-order valence-corrected chi connectivity index (χ1v) is 7.57. The van der Waals surface area contributed by atoms with E-state index in [1.165, 1.54) is 0 Å². The second-order valence-electron chi connectivity index (χ2n) is 6.13. The number of carbonyl (C=O) groups is 2. The van der Waals surface area contributed by atoms with E-state index >= 15 is 0 Å². The highest BCUT2D eigenvalue weighted by Crippen LogP contribution is 2.39. The molecule has 3 rings (SSSR count). The summed E-state index contributed by atoms with van der Waals surface area (Å²) in [5, 5.41) is 2.84. The van der Waals surface area contributed by atoms with Gasteiger partial charge in [-0.1, -0.05) is 18.9 Å². The molecule has 2 heterocycles. The van der Waals surface area contributed by atoms with Crippen LogP contribution in [0.5, 0.6) is 0 Å². The molecule has 1 aliphatic heterocycles. The minimum atomic E-state index is -0.659. The van der Waals surface area contributed by atoms with Crippen molar-refractivity contribution in [2.75, 3.05) is 0 Å². The number of hydrogen-bond donors (Lipinski definition) is 1. The number of hydrogen-bond acceptors (Lipinski definition) is 3. The molecule has 1 aromatic rings. The van der Waals surface area contributed by atoms with E-state index in [0.29, 0.717) is 6.54 Å². The number of piperazine rings is 1. The normalized spacial score (nSPS) is 24.5. The van der Waals surface area contributed by atoms with Crippen molar-refractivity contribution in [3.8, 4) is 0 Å². The van der Waals surface area contributed by atoms with Crippen molar-refractivity contribution in [2.45, 2.75) is 57.7 Å². The highest BCUT2D eigenvalue weighted by atomic mass is 16.2. The summed E-state index contributed by atoms with van der Waals surface area (Å²) in [5.41, 5.74) is 1.27. The molecule has 1 unspecified atom stereocenters. The van der Waals surface area contributed by atoms with Gasteiger partial charge in [-0.15, -0.1) is 0 Å². The van der Waals surface area contributed by atoms with E-state index in [9.17, 15) is 9.59 Å². The van der Waals surface area contributed by atoms with Gasteiger partial charge in [-0.05, 0) is 38.3 Å². The van der Waals surface area contributed by atoms with Crippen molar-refractivity contribution in [3.63, 3.8) is 0 Å². The molecule has 1 saturated carbocycles. The Labute approximate surface area is 124 Å². The minimum Gasteiger partial charge on any atom is -0.343 e. The molecule has 2 aliphatic rings. The van der Waals surface area contributed by atoms with Gasteiger partial charge in [0.25, 0.3) is 0 Å². The summed E-state index contributed by atoms with van der Waals surface area (Å²) in [6, 6.07) is 3.42. The van der Waals surface area contributed by atoms with E-state index in [2.05, 4.69) is 10.3 Å². The summed E-state index contributed by atoms with van der Waals surface area (Å²) < 4.78 is 0. The number of aromatic nitrogens is 1. The maximum Gasteiger partial charge on any atom is 0.246 e. The Balaban J connectivity index is 1.97. The fourth-order valence-corrected chi connectivity index (χ4v) is 3.48. The first-order valence-electron chi connectivity index (χ1n) is 7.57. The average molecular weight is 287 g/mol. The number of rotatable bonds is 2. The van der Waals surface area contributed by atoms with Crippen LogP contribution in [0.3, 0.4) is 0 Å². The quantitative estimate of drug-likeness (QED) is 0.897. The molecule has 0 bridgehead atoms. The second kappa shape index (κ2) is 5.13. The lowest BCUT2D eigenvalue weighted by Gasteiger charge is -2.45. The van der Waals surface area contributed by atoms with Crippen molar-refractivity contribution < 1.29 is 9.59 Å². The zero-order valence-corrected chi connectivity index (χ0v) is 12.6. The SMILES string of the molecule is Cc1cccnc1CN1C(=O)C(C)NC(=O)C12CCCC2. The number of carbonyl (C=O) groups excluding carboxylic acids is 2. The topological polar surface area (TPSA) is 62.3 Å². The van der Waals surface area contributed by atoms with Gasteiger partial charge in [0.05, 0.1) is 12.2 Å². The highest BCUT2D eigenvalue weighted by Gasteiger charge is 2.52. The van der Waals surface area contributed by atoms with Crippen LogP contribution in [0, 0.1) is 6.92 Å². The molecule has 1 saturated heterocycles. The zero-order valence-electron chi connectivity index (χ0n) is 12.6. The minimum absolute atomic E-state index is 0.000634. The van der Waals surface area contributed by atoms with Gasteiger partial charge in [0.2, 0.25) is 11.8 Å². The molecule has 1 aliphatic carbocycles. The molecule has 21 heavy (non-hydrogen) atoms. The maximum absolute atomic E-state index is 12.6. The van der Waals surface area contributed by atoms with Gasteiger partial charge in [0.1, 0.15) is 11.6 Å². The van der Waals surface area contributed by atoms with Crippen LogP contribution >= 0.6 is 0 Å². The lowest BCUT2D eigenvalue weighted by molar-refractivity contribution is -0.157. The summed E-state index contributed by atoms with van der Waals surface area (Å²) in [5.74, 6) is 0.00207. The van der Waals surface area contributed by atoms with Crippen LogP contribution < -0.4 is 5.32 Å². The standard InChI is InChI=1S/C16H21N3O2/c1-11-6-5-9-17-13(11)10-19-14(20)12(2)18-15(21)16(19)7-3-4-8-16/h5-6,9,12H,3-4,7-8,10H2,1-2H3,(H,18,21). The summed E-state index contributed by atoms with van der Waals surface area (Å²) in [6.07, 6.45) is 5.23. The Morgan fingerprint density at radius 1 is 1.38 bits per heavy atom. The molecule has 0 radical (unpaired) electrons. The van der Waals surface area contributed by atoms with Crippen LogP contribution in [-0.2, 0) is 16.1 Å². The molecule has 5 heteroatoms. The zero-order chi connectivity index (χ0) is 15.0. The summed E-state index contributed by atoms with van der Waals surface area (Å²) in [4.78, 5) is 31.3. The third kappa shape index (κ3) is 2.20. The van der Waals surface area contributed by atoms with Crippen LogP contribution in [0.2, 0.25) is 0 Å². The Hall–Kier alpha value is -1.91.